The van der Waals surface area contributed by atoms with Crippen molar-refractivity contribution in [3.63, 3.8) is 0 Å². The van der Waals surface area contributed by atoms with Crippen LogP contribution in [0.3, 0.4) is 0 Å². The molecule has 0 unspecified atom stereocenters. The molecule has 0 saturated carbocycles. The maximum Gasteiger partial charge on any atom is 0.124 e. The molecule has 1 aliphatic heterocycles. The van der Waals surface area contributed by atoms with Gasteiger partial charge in [-0.2, -0.15) is 0 Å². The Morgan fingerprint density at radius 3 is 3.08 bits per heavy atom. The quantitative estimate of drug-likeness (QED) is 0.694. The second kappa shape index (κ2) is 4.44. The minimum Gasteiger partial charge on any atom is -0.492 e. The van der Waals surface area contributed by atoms with Crippen molar-refractivity contribution >= 4 is 12.4 Å². The molecule has 0 fully saturated rings. The van der Waals surface area contributed by atoms with E-state index in [1.807, 2.05) is 0 Å². The van der Waals surface area contributed by atoms with Crippen molar-refractivity contribution in [2.45, 2.75) is 6.54 Å². The number of fused-ring (bicyclic) bond motifs is 1. The summed E-state index contributed by atoms with van der Waals surface area (Å²) in [4.78, 5) is 0. The van der Waals surface area contributed by atoms with Crippen LogP contribution in [-0.2, 0) is 6.54 Å². The Kier molecular flexibility index (Phi) is 3.51. The van der Waals surface area contributed by atoms with E-state index in [1.165, 1.54) is 12.1 Å². The molecule has 2 nitrogen and oxygen atoms in total. The van der Waals surface area contributed by atoms with Crippen molar-refractivity contribution in [3.05, 3.63) is 29.6 Å². The topological polar surface area (TPSA) is 21.3 Å². The van der Waals surface area contributed by atoms with Gasteiger partial charge in [-0.25, -0.2) is 4.39 Å². The summed E-state index contributed by atoms with van der Waals surface area (Å²) < 4.78 is 18.1. The largest absolute Gasteiger partial charge is 0.492 e. The van der Waals surface area contributed by atoms with Crippen LogP contribution in [0.1, 0.15) is 5.56 Å². The van der Waals surface area contributed by atoms with Gasteiger partial charge in [0.25, 0.3) is 0 Å². The van der Waals surface area contributed by atoms with Crippen molar-refractivity contribution in [1.29, 1.82) is 0 Å². The molecule has 1 aromatic rings. The zero-order valence-corrected chi connectivity index (χ0v) is 7.86. The molecule has 13 heavy (non-hydrogen) atoms. The molecule has 4 heteroatoms. The first-order valence-electron chi connectivity index (χ1n) is 3.98. The molecule has 0 saturated heterocycles. The van der Waals surface area contributed by atoms with Crippen LogP contribution < -0.4 is 10.1 Å². The zero-order chi connectivity index (χ0) is 8.39. The van der Waals surface area contributed by atoms with Crippen LogP contribution in [0.2, 0.25) is 0 Å². The summed E-state index contributed by atoms with van der Waals surface area (Å²) in [5.74, 6) is 0.586. The predicted octanol–water partition coefficient (Wildman–Crippen LogP) is 1.73. The van der Waals surface area contributed by atoms with Gasteiger partial charge in [0.1, 0.15) is 18.2 Å². The highest BCUT2D eigenvalue weighted by Crippen LogP contribution is 2.20. The molecule has 1 heterocycles. The van der Waals surface area contributed by atoms with Crippen molar-refractivity contribution in [2.75, 3.05) is 13.2 Å². The standard InChI is InChI=1S/C9H10FNO.ClH/c10-8-1-2-9-7(5-8)6-11-3-4-12-9;/h1-2,5,11H,3-4,6H2;1H. The second-order valence-electron chi connectivity index (χ2n) is 2.78. The molecule has 2 rings (SSSR count). The van der Waals surface area contributed by atoms with Crippen LogP contribution in [0.5, 0.6) is 5.75 Å². The maximum absolute atomic E-state index is 12.7. The molecule has 0 aromatic heterocycles. The minimum absolute atomic E-state index is 0. The molecule has 0 radical (unpaired) electrons. The van der Waals surface area contributed by atoms with Gasteiger partial charge in [-0.3, -0.25) is 0 Å². The second-order valence-corrected chi connectivity index (χ2v) is 2.78. The van der Waals surface area contributed by atoms with Crippen LogP contribution >= 0.6 is 12.4 Å². The number of hydrogen-bond donors (Lipinski definition) is 1. The van der Waals surface area contributed by atoms with E-state index in [1.54, 1.807) is 6.07 Å². The van der Waals surface area contributed by atoms with E-state index in [4.69, 9.17) is 4.74 Å². The van der Waals surface area contributed by atoms with Gasteiger partial charge >= 0.3 is 0 Å². The third-order valence-electron chi connectivity index (χ3n) is 1.87. The number of hydrogen-bond acceptors (Lipinski definition) is 2. The molecule has 0 aliphatic carbocycles. The molecule has 0 spiro atoms. The summed E-state index contributed by atoms with van der Waals surface area (Å²) in [7, 11) is 0. The molecular weight excluding hydrogens is 193 g/mol. The van der Waals surface area contributed by atoms with Gasteiger partial charge in [-0.15, -0.1) is 12.4 Å². The first-order chi connectivity index (χ1) is 5.86. The molecule has 1 N–H and O–H groups in total. The number of benzene rings is 1. The smallest absolute Gasteiger partial charge is 0.124 e. The van der Waals surface area contributed by atoms with Gasteiger partial charge in [0.2, 0.25) is 0 Å². The average molecular weight is 204 g/mol. The van der Waals surface area contributed by atoms with E-state index in [-0.39, 0.29) is 18.2 Å². The first-order valence-corrected chi connectivity index (χ1v) is 3.98. The zero-order valence-electron chi connectivity index (χ0n) is 7.05. The highest BCUT2D eigenvalue weighted by Gasteiger charge is 2.08. The Hall–Kier alpha value is -0.800. The normalized spacial score (nSPS) is 14.8. The lowest BCUT2D eigenvalue weighted by atomic mass is 10.2. The summed E-state index contributed by atoms with van der Waals surface area (Å²) in [6, 6.07) is 4.61. The molecule has 1 aliphatic rings. The first kappa shape index (κ1) is 10.3. The van der Waals surface area contributed by atoms with Gasteiger partial charge in [-0.1, -0.05) is 0 Å². The molecule has 0 bridgehead atoms. The minimum atomic E-state index is -0.207. The lowest BCUT2D eigenvalue weighted by Gasteiger charge is -2.04. The fourth-order valence-electron chi connectivity index (χ4n) is 1.28. The van der Waals surface area contributed by atoms with E-state index in [0.717, 1.165) is 17.9 Å². The fraction of sp³-hybridized carbons (Fsp3) is 0.333. The van der Waals surface area contributed by atoms with Crippen LogP contribution in [0, 0.1) is 5.82 Å². The van der Waals surface area contributed by atoms with Crippen LogP contribution in [0.15, 0.2) is 18.2 Å². The molecule has 0 amide bonds. The van der Waals surface area contributed by atoms with Crippen molar-refractivity contribution in [2.24, 2.45) is 0 Å². The van der Waals surface area contributed by atoms with Crippen LogP contribution in [-0.4, -0.2) is 13.2 Å². The summed E-state index contributed by atoms with van der Waals surface area (Å²) in [6.07, 6.45) is 0. The Morgan fingerprint density at radius 2 is 2.23 bits per heavy atom. The summed E-state index contributed by atoms with van der Waals surface area (Å²) in [5.41, 5.74) is 0.896. The fourth-order valence-corrected chi connectivity index (χ4v) is 1.28. The molecule has 1 aromatic carbocycles. The van der Waals surface area contributed by atoms with Crippen LogP contribution in [0.25, 0.3) is 0 Å². The average Bonchev–Trinajstić information content (AvgIpc) is 2.28. The summed E-state index contributed by atoms with van der Waals surface area (Å²) in [6.45, 7) is 2.15. The van der Waals surface area contributed by atoms with Crippen molar-refractivity contribution < 1.29 is 9.13 Å². The van der Waals surface area contributed by atoms with Gasteiger partial charge in [0, 0.05) is 18.7 Å². The number of rotatable bonds is 0. The van der Waals surface area contributed by atoms with Crippen molar-refractivity contribution in [3.8, 4) is 5.75 Å². The lowest BCUT2D eigenvalue weighted by Crippen LogP contribution is -2.16. The molecule has 0 atom stereocenters. The van der Waals surface area contributed by atoms with Gasteiger partial charge in [0.05, 0.1) is 0 Å². The van der Waals surface area contributed by atoms with Gasteiger partial charge in [-0.05, 0) is 18.2 Å². The monoisotopic (exact) mass is 203 g/mol. The number of ether oxygens (including phenoxy) is 1. The van der Waals surface area contributed by atoms with E-state index in [2.05, 4.69) is 5.32 Å². The van der Waals surface area contributed by atoms with E-state index < -0.39 is 0 Å². The highest BCUT2D eigenvalue weighted by molar-refractivity contribution is 5.85. The van der Waals surface area contributed by atoms with Gasteiger partial charge in [0.15, 0.2) is 0 Å². The number of nitrogens with one attached hydrogen (secondary N) is 1. The summed E-state index contributed by atoms with van der Waals surface area (Å²) >= 11 is 0. The lowest BCUT2D eigenvalue weighted by molar-refractivity contribution is 0.325. The third-order valence-corrected chi connectivity index (χ3v) is 1.87. The Balaban J connectivity index is 0.000000845. The van der Waals surface area contributed by atoms with Gasteiger partial charge < -0.3 is 10.1 Å². The van der Waals surface area contributed by atoms with E-state index in [9.17, 15) is 4.39 Å². The summed E-state index contributed by atoms with van der Waals surface area (Å²) in [5, 5.41) is 3.14. The Labute approximate surface area is 82.5 Å². The van der Waals surface area contributed by atoms with Crippen LogP contribution in [0.4, 0.5) is 4.39 Å². The Morgan fingerprint density at radius 1 is 1.38 bits per heavy atom. The maximum atomic E-state index is 12.7. The molecule has 72 valence electrons. The molecular formula is C9H11ClFNO. The number of halogens is 2. The highest BCUT2D eigenvalue weighted by atomic mass is 35.5. The van der Waals surface area contributed by atoms with E-state index >= 15 is 0 Å². The predicted molar refractivity (Wildman–Crippen MR) is 50.8 cm³/mol. The van der Waals surface area contributed by atoms with E-state index in [0.29, 0.717) is 13.2 Å². The Bertz CT molecular complexity index is 293. The van der Waals surface area contributed by atoms with Crippen molar-refractivity contribution in [1.82, 2.24) is 5.32 Å². The SMILES string of the molecule is Cl.Fc1ccc2c(c1)CNCCO2. The third kappa shape index (κ3) is 2.32.